The molecule has 0 aromatic heterocycles. The van der Waals surface area contributed by atoms with E-state index >= 15 is 0 Å². The Balaban J connectivity index is 2.85. The van der Waals surface area contributed by atoms with Crippen LogP contribution < -0.4 is 9.47 Å². The van der Waals surface area contributed by atoms with E-state index in [1.165, 1.54) is 28.4 Å². The molecule has 31 heavy (non-hydrogen) atoms. The second kappa shape index (κ2) is 10.7. The molecule has 2 rings (SSSR count). The number of esters is 2. The van der Waals surface area contributed by atoms with Crippen molar-refractivity contribution in [2.24, 2.45) is 0 Å². The largest absolute Gasteiger partial charge is 0.495 e. The molecule has 2 aromatic rings. The van der Waals surface area contributed by atoms with Gasteiger partial charge in [0.15, 0.2) is 0 Å². The molecule has 0 fully saturated rings. The lowest BCUT2D eigenvalue weighted by atomic mass is 9.85. The molecule has 0 spiro atoms. The lowest BCUT2D eigenvalue weighted by Gasteiger charge is -2.24. The van der Waals surface area contributed by atoms with Gasteiger partial charge in [-0.1, -0.05) is 0 Å². The number of halogens is 3. The molecule has 0 heterocycles. The molecule has 0 amide bonds. The van der Waals surface area contributed by atoms with Gasteiger partial charge in [0.25, 0.3) is 0 Å². The molecule has 0 unspecified atom stereocenters. The number of alkyl halides is 1. The Bertz CT molecular complexity index is 943. The number of methoxy groups -OCH3 is 4. The average Bonchev–Trinajstić information content (AvgIpc) is 2.78. The van der Waals surface area contributed by atoms with Crippen molar-refractivity contribution in [2.45, 2.75) is 19.8 Å². The molecule has 0 saturated heterocycles. The second-order valence-electron chi connectivity index (χ2n) is 6.66. The van der Waals surface area contributed by atoms with Crippen LogP contribution in [0.3, 0.4) is 0 Å². The van der Waals surface area contributed by atoms with Crippen LogP contribution in [0.5, 0.6) is 11.5 Å². The van der Waals surface area contributed by atoms with Crippen LogP contribution in [-0.2, 0) is 9.47 Å². The summed E-state index contributed by atoms with van der Waals surface area (Å²) in [7, 11) is 5.58. The number of rotatable bonds is 7. The van der Waals surface area contributed by atoms with Crippen molar-refractivity contribution in [1.29, 1.82) is 0 Å². The maximum absolute atomic E-state index is 12.4. The van der Waals surface area contributed by atoms with Crippen LogP contribution >= 0.6 is 43.5 Å². The molecule has 0 aliphatic heterocycles. The third kappa shape index (κ3) is 4.71. The summed E-state index contributed by atoms with van der Waals surface area (Å²) in [6, 6.07) is 3.43. The van der Waals surface area contributed by atoms with E-state index < -0.39 is 11.9 Å². The van der Waals surface area contributed by atoms with Crippen LogP contribution in [0.1, 0.15) is 48.9 Å². The van der Waals surface area contributed by atoms with Gasteiger partial charge in [-0.25, -0.2) is 9.59 Å². The lowest BCUT2D eigenvalue weighted by molar-refractivity contribution is 0.0587. The van der Waals surface area contributed by atoms with Crippen molar-refractivity contribution in [3.8, 4) is 11.5 Å². The van der Waals surface area contributed by atoms with Crippen LogP contribution in [0.4, 0.5) is 0 Å². The Kier molecular flexibility index (Phi) is 8.80. The summed E-state index contributed by atoms with van der Waals surface area (Å²) >= 11 is 13.5. The van der Waals surface area contributed by atoms with Crippen LogP contribution in [0, 0.1) is 13.8 Å². The first-order valence-electron chi connectivity index (χ1n) is 9.14. The zero-order chi connectivity index (χ0) is 23.5. The number of benzene rings is 2. The van der Waals surface area contributed by atoms with Crippen molar-refractivity contribution in [3.63, 3.8) is 0 Å². The standard InChI is InChI=1S/C22H23Br2ClO6/c1-10-12(7-14(21(26)30-5)19(28-3)17(10)23)16(9-25)13-8-15(22(27)31-6)20(29-4)18(24)11(13)2/h7-8,16H,9H2,1-6H3. The number of ether oxygens (including phenoxy) is 4. The molecule has 0 bridgehead atoms. The van der Waals surface area contributed by atoms with Gasteiger partial charge in [-0.05, 0) is 80.1 Å². The first kappa shape index (κ1) is 25.5. The van der Waals surface area contributed by atoms with Gasteiger partial charge in [0.05, 0.1) is 37.4 Å². The lowest BCUT2D eigenvalue weighted by Crippen LogP contribution is -2.14. The summed E-state index contributed by atoms with van der Waals surface area (Å²) in [4.78, 5) is 24.8. The van der Waals surface area contributed by atoms with Crippen molar-refractivity contribution in [1.82, 2.24) is 0 Å². The minimum absolute atomic E-state index is 0.195. The predicted octanol–water partition coefficient (Wildman–Crippen LogP) is 5.79. The third-order valence-corrected chi connectivity index (χ3v) is 7.35. The maximum atomic E-state index is 12.4. The quantitative estimate of drug-likeness (QED) is 0.306. The van der Waals surface area contributed by atoms with Gasteiger partial charge in [-0.15, -0.1) is 11.6 Å². The molecule has 6 nitrogen and oxygen atoms in total. The predicted molar refractivity (Wildman–Crippen MR) is 126 cm³/mol. The van der Waals surface area contributed by atoms with Gasteiger partial charge in [-0.2, -0.15) is 0 Å². The zero-order valence-corrected chi connectivity index (χ0v) is 22.0. The molecule has 168 valence electrons. The number of carbonyl (C=O) groups excluding carboxylic acids is 2. The zero-order valence-electron chi connectivity index (χ0n) is 18.0. The Morgan fingerprint density at radius 3 is 1.45 bits per heavy atom. The number of hydrogen-bond acceptors (Lipinski definition) is 6. The Labute approximate surface area is 203 Å². The highest BCUT2D eigenvalue weighted by Crippen LogP contribution is 2.43. The summed E-state index contributed by atoms with van der Waals surface area (Å²) in [6.07, 6.45) is 0. The minimum atomic E-state index is -0.532. The number of hydrogen-bond donors (Lipinski definition) is 0. The van der Waals surface area contributed by atoms with E-state index in [1.54, 1.807) is 12.1 Å². The molecule has 0 N–H and O–H groups in total. The van der Waals surface area contributed by atoms with E-state index in [4.69, 9.17) is 30.5 Å². The van der Waals surface area contributed by atoms with Crippen molar-refractivity contribution >= 4 is 55.4 Å². The van der Waals surface area contributed by atoms with Crippen molar-refractivity contribution in [3.05, 3.63) is 54.5 Å². The second-order valence-corrected chi connectivity index (χ2v) is 8.56. The van der Waals surface area contributed by atoms with Gasteiger partial charge >= 0.3 is 11.9 Å². The van der Waals surface area contributed by atoms with Gasteiger partial charge in [0.1, 0.15) is 22.6 Å². The fraction of sp³-hybridized carbons (Fsp3) is 0.364. The highest BCUT2D eigenvalue weighted by Gasteiger charge is 2.28. The van der Waals surface area contributed by atoms with Gasteiger partial charge in [-0.3, -0.25) is 0 Å². The van der Waals surface area contributed by atoms with Gasteiger partial charge in [0, 0.05) is 11.8 Å². The molecular weight excluding hydrogens is 555 g/mol. The van der Waals surface area contributed by atoms with Gasteiger partial charge < -0.3 is 18.9 Å². The fourth-order valence-corrected chi connectivity index (χ4v) is 5.01. The van der Waals surface area contributed by atoms with Crippen LogP contribution in [0.2, 0.25) is 0 Å². The maximum Gasteiger partial charge on any atom is 0.341 e. The van der Waals surface area contributed by atoms with Crippen LogP contribution in [0.25, 0.3) is 0 Å². The van der Waals surface area contributed by atoms with Crippen molar-refractivity contribution < 1.29 is 28.5 Å². The molecular formula is C22H23Br2ClO6. The third-order valence-electron chi connectivity index (χ3n) is 5.14. The van der Waals surface area contributed by atoms with E-state index in [-0.39, 0.29) is 22.9 Å². The van der Waals surface area contributed by atoms with E-state index in [9.17, 15) is 9.59 Å². The summed E-state index contributed by atoms with van der Waals surface area (Å²) in [5, 5.41) is 0. The van der Waals surface area contributed by atoms with Crippen LogP contribution in [0.15, 0.2) is 21.1 Å². The van der Waals surface area contributed by atoms with E-state index in [1.807, 2.05) is 13.8 Å². The molecule has 0 aliphatic rings. The first-order chi connectivity index (χ1) is 14.7. The summed E-state index contributed by atoms with van der Waals surface area (Å²) < 4.78 is 22.0. The summed E-state index contributed by atoms with van der Waals surface area (Å²) in [5.74, 6) is -0.461. The van der Waals surface area contributed by atoms with E-state index in [0.717, 1.165) is 22.3 Å². The van der Waals surface area contributed by atoms with Gasteiger partial charge in [0.2, 0.25) is 0 Å². The van der Waals surface area contributed by atoms with Crippen LogP contribution in [-0.4, -0.2) is 46.3 Å². The van der Waals surface area contributed by atoms with Crippen molar-refractivity contribution in [2.75, 3.05) is 34.3 Å². The Morgan fingerprint density at radius 2 is 1.19 bits per heavy atom. The minimum Gasteiger partial charge on any atom is -0.495 e. The molecule has 0 radical (unpaired) electrons. The smallest absolute Gasteiger partial charge is 0.341 e. The highest BCUT2D eigenvalue weighted by molar-refractivity contribution is 9.11. The molecule has 0 atom stereocenters. The average molecular weight is 579 g/mol. The highest BCUT2D eigenvalue weighted by atomic mass is 79.9. The topological polar surface area (TPSA) is 71.1 Å². The normalized spacial score (nSPS) is 10.8. The van der Waals surface area contributed by atoms with E-state index in [0.29, 0.717) is 20.4 Å². The Morgan fingerprint density at radius 1 is 0.839 bits per heavy atom. The van der Waals surface area contributed by atoms with E-state index in [2.05, 4.69) is 31.9 Å². The Hall–Kier alpha value is -1.77. The molecule has 0 saturated carbocycles. The summed E-state index contributed by atoms with van der Waals surface area (Å²) in [5.41, 5.74) is 3.82. The molecule has 2 aromatic carbocycles. The summed E-state index contributed by atoms with van der Waals surface area (Å²) in [6.45, 7) is 3.80. The first-order valence-corrected chi connectivity index (χ1v) is 11.3. The SMILES string of the molecule is COC(=O)c1cc(C(CCl)c2cc(C(=O)OC)c(OC)c(Br)c2C)c(C)c(Br)c1OC. The number of carbonyl (C=O) groups is 2. The molecule has 9 heteroatoms. The monoisotopic (exact) mass is 576 g/mol. The molecule has 0 aliphatic carbocycles. The fourth-order valence-electron chi connectivity index (χ4n) is 3.47.